The van der Waals surface area contributed by atoms with Crippen LogP contribution in [-0.4, -0.2) is 43.8 Å². The van der Waals surface area contributed by atoms with Crippen LogP contribution in [0.15, 0.2) is 47.6 Å². The Labute approximate surface area is 155 Å². The first-order chi connectivity index (χ1) is 12.5. The topological polar surface area (TPSA) is 73.1 Å². The smallest absolute Gasteiger partial charge is 0.214 e. The number of hydrogen-bond donors (Lipinski definition) is 1. The molecular formula is C18H19FN4O2S. The molecule has 0 amide bonds. The lowest BCUT2D eigenvalue weighted by Gasteiger charge is -2.13. The van der Waals surface area contributed by atoms with Crippen LogP contribution in [0, 0.1) is 19.7 Å². The van der Waals surface area contributed by atoms with Gasteiger partial charge >= 0.3 is 0 Å². The number of aliphatic hydroxyl groups is 1. The van der Waals surface area contributed by atoms with Gasteiger partial charge in [-0.1, -0.05) is 41.6 Å². The summed E-state index contributed by atoms with van der Waals surface area (Å²) in [5.74, 6) is -0.0116. The van der Waals surface area contributed by atoms with Crippen molar-refractivity contribution in [2.75, 3.05) is 12.4 Å². The van der Waals surface area contributed by atoms with Crippen LogP contribution in [0.5, 0.6) is 5.75 Å². The highest BCUT2D eigenvalue weighted by Gasteiger charge is 2.14. The Kier molecular flexibility index (Phi) is 5.85. The summed E-state index contributed by atoms with van der Waals surface area (Å²) in [7, 11) is 0. The molecule has 1 atom stereocenters. The molecule has 26 heavy (non-hydrogen) atoms. The zero-order chi connectivity index (χ0) is 18.5. The molecule has 0 saturated carbocycles. The molecule has 0 radical (unpaired) electrons. The second-order valence-electron chi connectivity index (χ2n) is 5.87. The standard InChI is InChI=1S/C18H19FN4O2S/c1-12-7-8-16(13(2)9-12)23-18(20-21-22-23)26-11-14(24)10-25-17-6-4-3-5-15(17)19/h3-9,14,24H,10-11H2,1-2H3/t14-/m1/s1. The Morgan fingerprint density at radius 2 is 2.04 bits per heavy atom. The van der Waals surface area contributed by atoms with Crippen LogP contribution in [0.3, 0.4) is 0 Å². The molecule has 3 rings (SSSR count). The molecule has 0 fully saturated rings. The summed E-state index contributed by atoms with van der Waals surface area (Å²) in [6.07, 6.45) is -0.788. The van der Waals surface area contributed by atoms with Gasteiger partial charge in [0.25, 0.3) is 0 Å². The van der Waals surface area contributed by atoms with Gasteiger partial charge in [-0.15, -0.1) is 5.10 Å². The van der Waals surface area contributed by atoms with E-state index in [1.54, 1.807) is 16.8 Å². The number of thioether (sulfide) groups is 1. The number of rotatable bonds is 7. The van der Waals surface area contributed by atoms with E-state index < -0.39 is 11.9 Å². The summed E-state index contributed by atoms with van der Waals surface area (Å²) >= 11 is 1.31. The van der Waals surface area contributed by atoms with Gasteiger partial charge in [0.05, 0.1) is 11.8 Å². The maximum Gasteiger partial charge on any atom is 0.214 e. The maximum absolute atomic E-state index is 13.5. The molecule has 1 heterocycles. The highest BCUT2D eigenvalue weighted by molar-refractivity contribution is 7.99. The van der Waals surface area contributed by atoms with Gasteiger partial charge in [0, 0.05) is 5.75 Å². The minimum Gasteiger partial charge on any atom is -0.488 e. The summed E-state index contributed by atoms with van der Waals surface area (Å²) in [5.41, 5.74) is 3.11. The molecule has 1 N–H and O–H groups in total. The van der Waals surface area contributed by atoms with E-state index in [0.717, 1.165) is 16.8 Å². The summed E-state index contributed by atoms with van der Waals surface area (Å²) in [6, 6.07) is 12.1. The zero-order valence-electron chi connectivity index (χ0n) is 14.5. The highest BCUT2D eigenvalue weighted by Crippen LogP contribution is 2.22. The first kappa shape index (κ1) is 18.3. The van der Waals surface area contributed by atoms with Crippen molar-refractivity contribution in [2.24, 2.45) is 0 Å². The van der Waals surface area contributed by atoms with Gasteiger partial charge < -0.3 is 9.84 Å². The number of halogens is 1. The van der Waals surface area contributed by atoms with Crippen LogP contribution in [0.4, 0.5) is 4.39 Å². The molecular weight excluding hydrogens is 355 g/mol. The summed E-state index contributed by atoms with van der Waals surface area (Å²) < 4.78 is 20.5. The van der Waals surface area contributed by atoms with E-state index in [2.05, 4.69) is 21.6 Å². The summed E-state index contributed by atoms with van der Waals surface area (Å²) in [5, 5.41) is 22.4. The van der Waals surface area contributed by atoms with E-state index in [-0.39, 0.29) is 12.4 Å². The van der Waals surface area contributed by atoms with Crippen LogP contribution in [0.25, 0.3) is 5.69 Å². The Bertz CT molecular complexity index is 887. The number of benzene rings is 2. The first-order valence-electron chi connectivity index (χ1n) is 8.09. The van der Waals surface area contributed by atoms with Crippen molar-refractivity contribution in [3.05, 3.63) is 59.4 Å². The van der Waals surface area contributed by atoms with Crippen LogP contribution in [0.1, 0.15) is 11.1 Å². The minimum absolute atomic E-state index is 0.0148. The monoisotopic (exact) mass is 374 g/mol. The molecule has 8 heteroatoms. The van der Waals surface area contributed by atoms with Crippen molar-refractivity contribution < 1.29 is 14.2 Å². The van der Waals surface area contributed by atoms with Gasteiger partial charge in [-0.25, -0.2) is 4.39 Å². The number of aliphatic hydroxyl groups excluding tert-OH is 1. The van der Waals surface area contributed by atoms with Crippen molar-refractivity contribution in [3.63, 3.8) is 0 Å². The molecule has 3 aromatic rings. The lowest BCUT2D eigenvalue weighted by molar-refractivity contribution is 0.123. The molecule has 0 unspecified atom stereocenters. The molecule has 0 aliphatic carbocycles. The average molecular weight is 374 g/mol. The number of tetrazole rings is 1. The van der Waals surface area contributed by atoms with Gasteiger partial charge in [0.15, 0.2) is 11.6 Å². The van der Waals surface area contributed by atoms with Crippen LogP contribution >= 0.6 is 11.8 Å². The van der Waals surface area contributed by atoms with Crippen LogP contribution in [-0.2, 0) is 0 Å². The number of nitrogens with zero attached hydrogens (tertiary/aromatic N) is 4. The van der Waals surface area contributed by atoms with Crippen molar-refractivity contribution >= 4 is 11.8 Å². The van der Waals surface area contributed by atoms with Crippen molar-refractivity contribution in [1.82, 2.24) is 20.2 Å². The first-order valence-corrected chi connectivity index (χ1v) is 9.07. The fourth-order valence-electron chi connectivity index (χ4n) is 2.43. The average Bonchev–Trinajstić information content (AvgIpc) is 3.07. The number of aromatic nitrogens is 4. The van der Waals surface area contributed by atoms with Gasteiger partial charge in [0.1, 0.15) is 6.61 Å². The Hall–Kier alpha value is -2.45. The largest absolute Gasteiger partial charge is 0.488 e. The molecule has 0 aliphatic rings. The van der Waals surface area contributed by atoms with Gasteiger partial charge in [-0.2, -0.15) is 4.68 Å². The van der Waals surface area contributed by atoms with E-state index in [4.69, 9.17) is 4.74 Å². The molecule has 0 aliphatic heterocycles. The van der Waals surface area contributed by atoms with Gasteiger partial charge in [-0.05, 0) is 48.0 Å². The zero-order valence-corrected chi connectivity index (χ0v) is 15.3. The third-order valence-corrected chi connectivity index (χ3v) is 4.76. The summed E-state index contributed by atoms with van der Waals surface area (Å²) in [6.45, 7) is 4.01. The van der Waals surface area contributed by atoms with Crippen LogP contribution < -0.4 is 4.74 Å². The lowest BCUT2D eigenvalue weighted by atomic mass is 10.1. The third kappa shape index (κ3) is 4.39. The number of hydrogen-bond acceptors (Lipinski definition) is 6. The van der Waals surface area contributed by atoms with Crippen molar-refractivity contribution in [1.29, 1.82) is 0 Å². The predicted molar refractivity (Wildman–Crippen MR) is 97.3 cm³/mol. The number of ether oxygens (including phenoxy) is 1. The van der Waals surface area contributed by atoms with Crippen LogP contribution in [0.2, 0.25) is 0 Å². The Morgan fingerprint density at radius 1 is 1.23 bits per heavy atom. The van der Waals surface area contributed by atoms with Gasteiger partial charge in [0.2, 0.25) is 5.16 Å². The van der Waals surface area contributed by atoms with Crippen molar-refractivity contribution in [2.45, 2.75) is 25.1 Å². The second kappa shape index (κ2) is 8.29. The predicted octanol–water partition coefficient (Wildman–Crippen LogP) is 2.95. The highest BCUT2D eigenvalue weighted by atomic mass is 32.2. The fourth-order valence-corrected chi connectivity index (χ4v) is 3.22. The van der Waals surface area contributed by atoms with E-state index in [1.807, 2.05) is 26.0 Å². The molecule has 0 saturated heterocycles. The van der Waals surface area contributed by atoms with E-state index in [1.165, 1.54) is 23.9 Å². The number of aryl methyl sites for hydroxylation is 2. The van der Waals surface area contributed by atoms with E-state index in [9.17, 15) is 9.50 Å². The molecule has 0 spiro atoms. The quantitative estimate of drug-likeness (QED) is 0.641. The van der Waals surface area contributed by atoms with Crippen molar-refractivity contribution in [3.8, 4) is 11.4 Å². The number of para-hydroxylation sites is 1. The molecule has 136 valence electrons. The van der Waals surface area contributed by atoms with E-state index >= 15 is 0 Å². The molecule has 0 bridgehead atoms. The molecule has 2 aromatic carbocycles. The second-order valence-corrected chi connectivity index (χ2v) is 6.86. The minimum atomic E-state index is -0.788. The summed E-state index contributed by atoms with van der Waals surface area (Å²) in [4.78, 5) is 0. The fraction of sp³-hybridized carbons (Fsp3) is 0.278. The molecule has 1 aromatic heterocycles. The Morgan fingerprint density at radius 3 is 2.81 bits per heavy atom. The molecule has 6 nitrogen and oxygen atoms in total. The SMILES string of the molecule is Cc1ccc(-n2nnnc2SC[C@H](O)COc2ccccc2F)c(C)c1. The lowest BCUT2D eigenvalue weighted by Crippen LogP contribution is -2.20. The maximum atomic E-state index is 13.5. The third-order valence-electron chi connectivity index (χ3n) is 3.69. The van der Waals surface area contributed by atoms with Gasteiger partial charge in [-0.3, -0.25) is 0 Å². The van der Waals surface area contributed by atoms with E-state index in [0.29, 0.717) is 10.9 Å². The Balaban J connectivity index is 1.60. The normalized spacial score (nSPS) is 12.2.